The molecule has 1 aliphatic rings. The van der Waals surface area contributed by atoms with Crippen molar-refractivity contribution in [2.45, 2.75) is 0 Å². The molecule has 0 aliphatic carbocycles. The molecule has 6 aromatic carbocycles. The molecule has 8 heteroatoms. The van der Waals surface area contributed by atoms with Crippen molar-refractivity contribution in [2.24, 2.45) is 0 Å². The van der Waals surface area contributed by atoms with Gasteiger partial charge in [-0.1, -0.05) is 97.1 Å². The summed E-state index contributed by atoms with van der Waals surface area (Å²) >= 11 is 0. The van der Waals surface area contributed by atoms with Crippen LogP contribution in [0.5, 0.6) is 0 Å². The molecule has 228 valence electrons. The van der Waals surface area contributed by atoms with Gasteiger partial charge in [-0.05, 0) is 62.9 Å². The third-order valence-corrected chi connectivity index (χ3v) is 13.7. The van der Waals surface area contributed by atoms with E-state index in [-0.39, 0.29) is 0 Å². The summed E-state index contributed by atoms with van der Waals surface area (Å²) in [7, 11) is -2.07. The molecule has 9 rings (SSSR count). The summed E-state index contributed by atoms with van der Waals surface area (Å²) in [6.45, 7) is 0. The van der Waals surface area contributed by atoms with Gasteiger partial charge in [0.05, 0.1) is 11.0 Å². The van der Waals surface area contributed by atoms with E-state index in [2.05, 4.69) is 164 Å². The first-order valence-electron chi connectivity index (χ1n) is 15.7. The normalized spacial score (nSPS) is 15.4. The van der Waals surface area contributed by atoms with Gasteiger partial charge < -0.3 is 10.6 Å². The van der Waals surface area contributed by atoms with Crippen LogP contribution in [0.2, 0.25) is 0 Å². The van der Waals surface area contributed by atoms with Crippen molar-refractivity contribution < 1.29 is 0 Å². The minimum Gasteiger partial charge on any atom is -0.354 e. The Hall–Kier alpha value is -5.54. The fraction of sp³-hybridized carbons (Fsp3) is 0. The van der Waals surface area contributed by atoms with Gasteiger partial charge in [0.15, 0.2) is 0 Å². The average molecular weight is 655 g/mol. The van der Waals surface area contributed by atoms with Crippen LogP contribution >= 0.6 is 15.8 Å². The molecule has 0 fully saturated rings. The van der Waals surface area contributed by atoms with Gasteiger partial charge >= 0.3 is 0 Å². The topological polar surface area (TPSA) is 75.6 Å². The van der Waals surface area contributed by atoms with Gasteiger partial charge in [0.1, 0.15) is 12.7 Å². The molecule has 0 saturated heterocycles. The standard InChI is InChI=1S/C40H28N6P2/c1-3-11-29(12-4-1)47-37-17-9-7-15-31(37)45-32-16-8-10-18-38(32)48(30-13-5-2-6-14-30)40-20-28-24-42-26-44-34(28)22-36(40)46-35-21-33-27(19-39(35)47)23-41-25-43-33/h1-26,45-46H. The molecule has 0 saturated carbocycles. The van der Waals surface area contributed by atoms with Crippen LogP contribution in [0.4, 0.5) is 22.7 Å². The lowest BCUT2D eigenvalue weighted by Crippen LogP contribution is -2.29. The van der Waals surface area contributed by atoms with Crippen LogP contribution in [0.1, 0.15) is 0 Å². The predicted molar refractivity (Wildman–Crippen MR) is 203 cm³/mol. The van der Waals surface area contributed by atoms with Crippen LogP contribution in [0.15, 0.2) is 159 Å². The fourth-order valence-electron chi connectivity index (χ4n) is 6.41. The van der Waals surface area contributed by atoms with Crippen LogP contribution in [0, 0.1) is 0 Å². The van der Waals surface area contributed by atoms with Crippen molar-refractivity contribution in [3.05, 3.63) is 159 Å². The van der Waals surface area contributed by atoms with Crippen molar-refractivity contribution >= 4 is 92.2 Å². The zero-order chi connectivity index (χ0) is 31.9. The Bertz CT molecular complexity index is 2270. The van der Waals surface area contributed by atoms with E-state index in [1.165, 1.54) is 31.8 Å². The van der Waals surface area contributed by atoms with Crippen molar-refractivity contribution in [1.82, 2.24) is 19.9 Å². The van der Waals surface area contributed by atoms with Crippen LogP contribution in [0.3, 0.4) is 0 Å². The lowest BCUT2D eigenvalue weighted by Gasteiger charge is -2.30. The first-order valence-corrected chi connectivity index (χ1v) is 18.4. The molecule has 0 bridgehead atoms. The zero-order valence-electron chi connectivity index (χ0n) is 25.7. The molecule has 8 aromatic rings. The van der Waals surface area contributed by atoms with Crippen molar-refractivity contribution in [2.75, 3.05) is 10.6 Å². The SMILES string of the molecule is c1ccc(P2c3ccccc3Nc3ccccc3P(c3ccccc3)c3cc4cncnc4cc3Nc3cc4ncncc4cc32)cc1. The number of fused-ring (bicyclic) bond motifs is 6. The second kappa shape index (κ2) is 12.2. The highest BCUT2D eigenvalue weighted by molar-refractivity contribution is 7.81. The summed E-state index contributed by atoms with van der Waals surface area (Å²) in [4.78, 5) is 18.2. The Morgan fingerprint density at radius 1 is 0.396 bits per heavy atom. The van der Waals surface area contributed by atoms with Crippen molar-refractivity contribution in [3.63, 3.8) is 0 Å². The van der Waals surface area contributed by atoms with Gasteiger partial charge in [-0.25, -0.2) is 19.9 Å². The molecule has 0 spiro atoms. The third-order valence-electron chi connectivity index (χ3n) is 8.58. The van der Waals surface area contributed by atoms with Gasteiger partial charge in [-0.15, -0.1) is 0 Å². The number of hydrogen-bond acceptors (Lipinski definition) is 6. The molecule has 0 radical (unpaired) electrons. The van der Waals surface area contributed by atoms with E-state index >= 15 is 0 Å². The fourth-order valence-corrected chi connectivity index (χ4v) is 11.5. The Balaban J connectivity index is 1.41. The quantitative estimate of drug-likeness (QED) is 0.198. The summed E-state index contributed by atoms with van der Waals surface area (Å²) in [6, 6.07) is 48.0. The molecule has 48 heavy (non-hydrogen) atoms. The minimum absolute atomic E-state index is 0.887. The monoisotopic (exact) mass is 654 g/mol. The van der Waals surface area contributed by atoms with Crippen LogP contribution < -0.4 is 42.5 Å². The second-order valence-electron chi connectivity index (χ2n) is 11.5. The smallest absolute Gasteiger partial charge is 0.116 e. The molecule has 2 N–H and O–H groups in total. The van der Waals surface area contributed by atoms with E-state index in [1.807, 2.05) is 12.4 Å². The van der Waals surface area contributed by atoms with E-state index < -0.39 is 15.8 Å². The van der Waals surface area contributed by atoms with E-state index in [4.69, 9.17) is 0 Å². The number of hydrogen-bond donors (Lipinski definition) is 2. The molecule has 2 unspecified atom stereocenters. The van der Waals surface area contributed by atoms with Gasteiger partial charge in [0, 0.05) is 67.1 Å². The molecular formula is C40H28N6P2. The largest absolute Gasteiger partial charge is 0.354 e. The van der Waals surface area contributed by atoms with Crippen LogP contribution in [-0.2, 0) is 0 Å². The molecule has 1 aliphatic heterocycles. The molecule has 2 atom stereocenters. The number of aromatic nitrogens is 4. The summed E-state index contributed by atoms with van der Waals surface area (Å²) in [5, 5.41) is 17.3. The van der Waals surface area contributed by atoms with Crippen LogP contribution in [-0.4, -0.2) is 19.9 Å². The van der Waals surface area contributed by atoms with Crippen molar-refractivity contribution in [1.29, 1.82) is 0 Å². The molecule has 0 amide bonds. The van der Waals surface area contributed by atoms with E-state index in [9.17, 15) is 0 Å². The Kier molecular flexibility index (Phi) is 7.31. The maximum Gasteiger partial charge on any atom is 0.116 e. The number of nitrogens with zero attached hydrogens (tertiary/aromatic N) is 4. The van der Waals surface area contributed by atoms with E-state index in [0.29, 0.717) is 0 Å². The Morgan fingerprint density at radius 3 is 1.29 bits per heavy atom. The Morgan fingerprint density at radius 2 is 0.812 bits per heavy atom. The first kappa shape index (κ1) is 28.7. The predicted octanol–water partition coefficient (Wildman–Crippen LogP) is 6.89. The summed E-state index contributed by atoms with van der Waals surface area (Å²) in [6.07, 6.45) is 7.05. The van der Waals surface area contributed by atoms with Crippen LogP contribution in [0.25, 0.3) is 21.8 Å². The molecule has 2 aromatic heterocycles. The molecule has 3 heterocycles. The highest BCUT2D eigenvalue weighted by Crippen LogP contribution is 2.44. The second-order valence-corrected chi connectivity index (χ2v) is 15.8. The lowest BCUT2D eigenvalue weighted by molar-refractivity contribution is 1.22. The van der Waals surface area contributed by atoms with Gasteiger partial charge in [-0.2, -0.15) is 0 Å². The summed E-state index contributed by atoms with van der Waals surface area (Å²) < 4.78 is 0. The maximum absolute atomic E-state index is 4.69. The number of rotatable bonds is 2. The van der Waals surface area contributed by atoms with Gasteiger partial charge in [0.25, 0.3) is 0 Å². The first-order chi connectivity index (χ1) is 23.8. The highest BCUT2D eigenvalue weighted by Gasteiger charge is 2.28. The average Bonchev–Trinajstić information content (AvgIpc) is 3.14. The molecular weight excluding hydrogens is 626 g/mol. The lowest BCUT2D eigenvalue weighted by atomic mass is 10.2. The number of para-hydroxylation sites is 2. The third kappa shape index (κ3) is 5.16. The van der Waals surface area contributed by atoms with E-state index in [1.54, 1.807) is 12.7 Å². The van der Waals surface area contributed by atoms with Crippen molar-refractivity contribution in [3.8, 4) is 0 Å². The maximum atomic E-state index is 4.69. The zero-order valence-corrected chi connectivity index (χ0v) is 27.5. The number of anilines is 4. The summed E-state index contributed by atoms with van der Waals surface area (Å²) in [5.74, 6) is 0. The van der Waals surface area contributed by atoms with Gasteiger partial charge in [0.2, 0.25) is 0 Å². The number of nitrogens with one attached hydrogen (secondary N) is 2. The van der Waals surface area contributed by atoms with Gasteiger partial charge in [-0.3, -0.25) is 0 Å². The highest BCUT2D eigenvalue weighted by atomic mass is 31.1. The minimum atomic E-state index is -1.03. The van der Waals surface area contributed by atoms with E-state index in [0.717, 1.165) is 44.6 Å². The number of benzene rings is 6. The molecule has 6 nitrogen and oxygen atoms in total. The Labute approximate surface area is 280 Å². The summed E-state index contributed by atoms with van der Waals surface area (Å²) in [5.41, 5.74) is 5.98.